The molecule has 1 fully saturated rings. The topological polar surface area (TPSA) is 75.3 Å². The van der Waals surface area contributed by atoms with E-state index in [1.54, 1.807) is 17.0 Å². The first-order valence-corrected chi connectivity index (χ1v) is 13.1. The maximum absolute atomic E-state index is 13.3. The van der Waals surface area contributed by atoms with E-state index in [2.05, 4.69) is 17.1 Å². The van der Waals surface area contributed by atoms with Gasteiger partial charge in [-0.15, -0.1) is 0 Å². The highest BCUT2D eigenvalue weighted by Gasteiger charge is 2.31. The van der Waals surface area contributed by atoms with Crippen LogP contribution in [0.5, 0.6) is 5.75 Å². The molecule has 2 radical (unpaired) electrons. The van der Waals surface area contributed by atoms with Crippen molar-refractivity contribution in [3.05, 3.63) is 93.4 Å². The summed E-state index contributed by atoms with van der Waals surface area (Å²) >= 11 is 6.34. The van der Waals surface area contributed by atoms with Crippen LogP contribution in [0.1, 0.15) is 45.6 Å². The Morgan fingerprint density at radius 2 is 1.84 bits per heavy atom. The lowest BCUT2D eigenvalue weighted by atomic mass is 9.88. The van der Waals surface area contributed by atoms with Crippen LogP contribution in [-0.4, -0.2) is 54.6 Å². The highest BCUT2D eigenvalue weighted by atomic mass is 35.5. The Kier molecular flexibility index (Phi) is 6.32. The fraction of sp³-hybridized carbons (Fsp3) is 0.233. The van der Waals surface area contributed by atoms with Gasteiger partial charge in [0.2, 0.25) is 0 Å². The fourth-order valence-corrected chi connectivity index (χ4v) is 5.90. The third kappa shape index (κ3) is 4.11. The zero-order valence-electron chi connectivity index (χ0n) is 21.0. The summed E-state index contributed by atoms with van der Waals surface area (Å²) in [6.07, 6.45) is 6.48. The van der Waals surface area contributed by atoms with Gasteiger partial charge < -0.3 is 14.6 Å². The molecule has 8 heteroatoms. The first kappa shape index (κ1) is 24.5. The molecule has 1 saturated heterocycles. The summed E-state index contributed by atoms with van der Waals surface area (Å²) in [6.45, 7) is 0.909. The zero-order chi connectivity index (χ0) is 26.4. The molecule has 6 rings (SSSR count). The molecule has 0 spiro atoms. The van der Waals surface area contributed by atoms with E-state index in [4.69, 9.17) is 29.2 Å². The lowest BCUT2D eigenvalue weighted by molar-refractivity contribution is -0.126. The van der Waals surface area contributed by atoms with Crippen molar-refractivity contribution >= 4 is 53.1 Å². The highest BCUT2D eigenvalue weighted by Crippen LogP contribution is 2.38. The van der Waals surface area contributed by atoms with Gasteiger partial charge in [0, 0.05) is 41.6 Å². The molecule has 0 unspecified atom stereocenters. The fourth-order valence-electron chi connectivity index (χ4n) is 5.71. The van der Waals surface area contributed by atoms with Crippen LogP contribution in [0.4, 0.5) is 0 Å². The summed E-state index contributed by atoms with van der Waals surface area (Å²) in [5.74, 6) is -0.598. The van der Waals surface area contributed by atoms with Gasteiger partial charge in [0.15, 0.2) is 0 Å². The second-order valence-corrected chi connectivity index (χ2v) is 10.2. The quantitative estimate of drug-likeness (QED) is 0.246. The Morgan fingerprint density at radius 1 is 1.05 bits per heavy atom. The Hall–Kier alpha value is -3.84. The second-order valence-electron chi connectivity index (χ2n) is 9.72. The largest absolute Gasteiger partial charge is 0.496 e. The number of rotatable bonds is 3. The number of H-pyrrole nitrogens is 1. The van der Waals surface area contributed by atoms with Crippen molar-refractivity contribution in [1.29, 1.82) is 0 Å². The summed E-state index contributed by atoms with van der Waals surface area (Å²) < 4.78 is 5.44. The van der Waals surface area contributed by atoms with E-state index in [-0.39, 0.29) is 5.56 Å². The van der Waals surface area contributed by atoms with Crippen molar-refractivity contribution in [1.82, 2.24) is 14.9 Å². The minimum Gasteiger partial charge on any atom is -0.496 e. The average Bonchev–Trinajstić information content (AvgIpc) is 3.33. The van der Waals surface area contributed by atoms with E-state index in [0.29, 0.717) is 48.0 Å². The number of methoxy groups -OCH3 is 1. The lowest BCUT2D eigenvalue weighted by Gasteiger charge is -2.30. The van der Waals surface area contributed by atoms with Gasteiger partial charge in [0.1, 0.15) is 13.6 Å². The molecule has 1 amide bonds. The molecule has 1 aliphatic carbocycles. The SMILES string of the molecule is [B]c1ccc(OC)c2c(C(=O)C(=O)N3CCC(=C4c5ccc(Cl)cc5CCc5cccnc54)CC3)c[nH]c12. The van der Waals surface area contributed by atoms with Crippen molar-refractivity contribution in [3.8, 4) is 5.75 Å². The van der Waals surface area contributed by atoms with Gasteiger partial charge in [-0.2, -0.15) is 0 Å². The van der Waals surface area contributed by atoms with Gasteiger partial charge >= 0.3 is 0 Å². The van der Waals surface area contributed by atoms with Gasteiger partial charge in [-0.05, 0) is 66.6 Å². The Labute approximate surface area is 227 Å². The molecular formula is C30H25BClN3O3. The molecule has 4 aromatic rings. The first-order chi connectivity index (χ1) is 18.5. The summed E-state index contributed by atoms with van der Waals surface area (Å²) in [6, 6.07) is 13.6. The number of ether oxygens (including phenoxy) is 1. The summed E-state index contributed by atoms with van der Waals surface area (Å²) in [5, 5.41) is 1.25. The van der Waals surface area contributed by atoms with Crippen molar-refractivity contribution in [3.63, 3.8) is 0 Å². The highest BCUT2D eigenvalue weighted by molar-refractivity contribution is 6.46. The smallest absolute Gasteiger partial charge is 0.295 e. The number of carbonyl (C=O) groups is 2. The van der Waals surface area contributed by atoms with Crippen molar-refractivity contribution in [2.75, 3.05) is 20.2 Å². The zero-order valence-corrected chi connectivity index (χ0v) is 21.8. The molecule has 6 nitrogen and oxygen atoms in total. The van der Waals surface area contributed by atoms with Crippen molar-refractivity contribution in [2.24, 2.45) is 0 Å². The number of carbonyl (C=O) groups excluding carboxylic acids is 2. The van der Waals surface area contributed by atoms with Crippen LogP contribution in [0.25, 0.3) is 16.5 Å². The molecule has 0 saturated carbocycles. The van der Waals surface area contributed by atoms with Crippen LogP contribution in [0, 0.1) is 0 Å². The predicted octanol–water partition coefficient (Wildman–Crippen LogP) is 4.42. The monoisotopic (exact) mass is 521 g/mol. The number of amides is 1. The standard InChI is InChI=1S/C30H25BClN3O3/c1-38-24-9-8-23(31)28-26(24)22(16-34-28)29(36)30(37)35-13-10-17(11-14-35)25-21-7-6-20(32)15-19(21)5-4-18-3-2-12-33-27(18)25/h2-3,6-9,12,15-16,34H,4-5,10-11,13-14H2,1H3. The molecule has 188 valence electrons. The van der Waals surface area contributed by atoms with Gasteiger partial charge in [0.25, 0.3) is 11.7 Å². The number of aromatic nitrogens is 2. The van der Waals surface area contributed by atoms with E-state index in [9.17, 15) is 9.59 Å². The average molecular weight is 522 g/mol. The number of Topliss-reactive ketones (excluding diaryl/α,β-unsaturated/α-hetero) is 1. The molecule has 3 heterocycles. The Morgan fingerprint density at radius 3 is 2.63 bits per heavy atom. The molecule has 2 aromatic carbocycles. The molecule has 38 heavy (non-hydrogen) atoms. The van der Waals surface area contributed by atoms with E-state index in [1.807, 2.05) is 24.4 Å². The Bertz CT molecular complexity index is 1630. The number of likely N-dealkylation sites (tertiary alicyclic amines) is 1. The molecule has 0 atom stereocenters. The number of piperidine rings is 1. The third-order valence-corrected chi connectivity index (χ3v) is 7.86. The minimum absolute atomic E-state index is 0.269. The normalized spacial score (nSPS) is 15.2. The molecular weight excluding hydrogens is 497 g/mol. The number of halogens is 1. The molecule has 1 N–H and O–H groups in total. The number of hydrogen-bond acceptors (Lipinski definition) is 4. The maximum atomic E-state index is 13.3. The molecule has 1 aliphatic heterocycles. The van der Waals surface area contributed by atoms with Gasteiger partial charge in [-0.3, -0.25) is 14.6 Å². The second kappa shape index (κ2) is 9.80. The summed E-state index contributed by atoms with van der Waals surface area (Å²) in [7, 11) is 7.60. The number of benzene rings is 2. The number of nitrogens with zero attached hydrogens (tertiary/aromatic N) is 2. The molecule has 2 aromatic heterocycles. The van der Waals surface area contributed by atoms with Crippen molar-refractivity contribution < 1.29 is 14.3 Å². The maximum Gasteiger partial charge on any atom is 0.295 e. The van der Waals surface area contributed by atoms with Crippen molar-refractivity contribution in [2.45, 2.75) is 25.7 Å². The van der Waals surface area contributed by atoms with E-state index >= 15 is 0 Å². The summed E-state index contributed by atoms with van der Waals surface area (Å²) in [4.78, 5) is 36.1. The van der Waals surface area contributed by atoms with E-state index < -0.39 is 11.7 Å². The number of hydrogen-bond donors (Lipinski definition) is 1. The van der Waals surface area contributed by atoms with Crippen LogP contribution in [0.3, 0.4) is 0 Å². The van der Waals surface area contributed by atoms with Crippen LogP contribution in [0.2, 0.25) is 5.02 Å². The van der Waals surface area contributed by atoms with Crippen LogP contribution in [-0.2, 0) is 17.6 Å². The number of nitrogens with one attached hydrogen (secondary N) is 1. The van der Waals surface area contributed by atoms with Crippen LogP contribution >= 0.6 is 11.6 Å². The van der Waals surface area contributed by atoms with Crippen LogP contribution in [0.15, 0.2) is 60.4 Å². The molecule has 2 aliphatic rings. The van der Waals surface area contributed by atoms with Crippen LogP contribution < -0.4 is 10.2 Å². The lowest BCUT2D eigenvalue weighted by Crippen LogP contribution is -2.40. The van der Waals surface area contributed by atoms with E-state index in [0.717, 1.165) is 34.7 Å². The molecule has 0 bridgehead atoms. The first-order valence-electron chi connectivity index (χ1n) is 12.7. The van der Waals surface area contributed by atoms with Gasteiger partial charge in [-0.25, -0.2) is 0 Å². The number of ketones is 1. The predicted molar refractivity (Wildman–Crippen MR) is 150 cm³/mol. The minimum atomic E-state index is -0.572. The van der Waals surface area contributed by atoms with Gasteiger partial charge in [0.05, 0.1) is 23.8 Å². The van der Waals surface area contributed by atoms with Gasteiger partial charge in [-0.1, -0.05) is 40.8 Å². The Balaban J connectivity index is 1.31. The number of aryl methyl sites for hydroxylation is 2. The van der Waals surface area contributed by atoms with E-state index in [1.165, 1.54) is 30.0 Å². The number of fused-ring (bicyclic) bond motifs is 3. The third-order valence-electron chi connectivity index (χ3n) is 7.62. The number of pyridine rings is 1. The number of aromatic amines is 1. The summed E-state index contributed by atoms with van der Waals surface area (Å²) in [5.41, 5.74) is 8.30.